The van der Waals surface area contributed by atoms with Crippen LogP contribution >= 0.6 is 0 Å². The van der Waals surface area contributed by atoms with E-state index in [0.717, 1.165) is 23.5 Å². The van der Waals surface area contributed by atoms with E-state index in [1.807, 2.05) is 19.1 Å². The van der Waals surface area contributed by atoms with Crippen molar-refractivity contribution in [2.75, 3.05) is 0 Å². The first-order valence-corrected chi connectivity index (χ1v) is 5.73. The van der Waals surface area contributed by atoms with E-state index in [0.29, 0.717) is 5.56 Å². The zero-order chi connectivity index (χ0) is 12.4. The number of hydrogen-bond donors (Lipinski definition) is 1. The molecule has 90 valence electrons. The van der Waals surface area contributed by atoms with Crippen LogP contribution in [0.5, 0.6) is 0 Å². The summed E-state index contributed by atoms with van der Waals surface area (Å²) in [6.07, 6.45) is 0.829. The molecule has 0 spiro atoms. The molecule has 0 aliphatic rings. The zero-order valence-corrected chi connectivity index (χ0v) is 10.0. The maximum absolute atomic E-state index is 13.2. The summed E-state index contributed by atoms with van der Waals surface area (Å²) in [4.78, 5) is 0. The molecule has 0 radical (unpaired) electrons. The van der Waals surface area contributed by atoms with Gasteiger partial charge in [0.1, 0.15) is 17.3 Å². The maximum atomic E-state index is 13.2. The normalized spacial score (nSPS) is 12.7. The molecule has 3 heteroatoms. The fourth-order valence-corrected chi connectivity index (χ4v) is 1.71. The predicted molar refractivity (Wildman–Crippen MR) is 66.1 cm³/mol. The second-order valence-corrected chi connectivity index (χ2v) is 4.18. The Bertz CT molecular complexity index is 519. The highest BCUT2D eigenvalue weighted by molar-refractivity contribution is 5.58. The molecule has 0 aliphatic carbocycles. The molecule has 1 heterocycles. The number of nitrogens with two attached hydrogens (primary N) is 1. The van der Waals surface area contributed by atoms with Crippen LogP contribution in [0, 0.1) is 12.7 Å². The molecule has 1 unspecified atom stereocenters. The summed E-state index contributed by atoms with van der Waals surface area (Å²) in [5.74, 6) is 1.29. The standard InChI is InChI=1S/C14H16FNO/c1-3-12(16)14-7-6-13(17-14)10-4-5-11(15)9(2)8-10/h4-8,12H,3,16H2,1-2H3. The van der Waals surface area contributed by atoms with Gasteiger partial charge in [-0.1, -0.05) is 6.92 Å². The van der Waals surface area contributed by atoms with Crippen molar-refractivity contribution in [3.63, 3.8) is 0 Å². The van der Waals surface area contributed by atoms with Gasteiger partial charge < -0.3 is 10.2 Å². The fraction of sp³-hybridized carbons (Fsp3) is 0.286. The van der Waals surface area contributed by atoms with Gasteiger partial charge in [0.15, 0.2) is 0 Å². The van der Waals surface area contributed by atoms with E-state index in [9.17, 15) is 4.39 Å². The van der Waals surface area contributed by atoms with E-state index in [-0.39, 0.29) is 11.9 Å². The van der Waals surface area contributed by atoms with Gasteiger partial charge >= 0.3 is 0 Å². The Kier molecular flexibility index (Phi) is 3.29. The highest BCUT2D eigenvalue weighted by Gasteiger charge is 2.10. The van der Waals surface area contributed by atoms with Crippen LogP contribution in [0.1, 0.15) is 30.7 Å². The minimum atomic E-state index is -0.203. The number of halogens is 1. The van der Waals surface area contributed by atoms with Crippen molar-refractivity contribution in [3.05, 3.63) is 47.5 Å². The van der Waals surface area contributed by atoms with Gasteiger partial charge in [-0.3, -0.25) is 0 Å². The molecule has 0 fully saturated rings. The minimum Gasteiger partial charge on any atom is -0.459 e. The van der Waals surface area contributed by atoms with Crippen molar-refractivity contribution in [2.24, 2.45) is 5.73 Å². The summed E-state index contributed by atoms with van der Waals surface area (Å²) in [5, 5.41) is 0. The molecule has 1 aromatic heterocycles. The van der Waals surface area contributed by atoms with E-state index in [1.54, 1.807) is 19.1 Å². The Morgan fingerprint density at radius 1 is 1.29 bits per heavy atom. The van der Waals surface area contributed by atoms with Crippen LogP contribution in [-0.4, -0.2) is 0 Å². The lowest BCUT2D eigenvalue weighted by Crippen LogP contribution is -2.06. The minimum absolute atomic E-state index is 0.0784. The number of hydrogen-bond acceptors (Lipinski definition) is 2. The first-order chi connectivity index (χ1) is 8.11. The molecule has 0 bridgehead atoms. The molecule has 2 aromatic rings. The second kappa shape index (κ2) is 4.72. The van der Waals surface area contributed by atoms with Gasteiger partial charge in [0.2, 0.25) is 0 Å². The summed E-state index contributed by atoms with van der Waals surface area (Å²) >= 11 is 0. The summed E-state index contributed by atoms with van der Waals surface area (Å²) in [6.45, 7) is 3.75. The van der Waals surface area contributed by atoms with Gasteiger partial charge in [0.05, 0.1) is 6.04 Å². The number of furan rings is 1. The number of rotatable bonds is 3. The Morgan fingerprint density at radius 3 is 2.71 bits per heavy atom. The highest BCUT2D eigenvalue weighted by atomic mass is 19.1. The first kappa shape index (κ1) is 11.9. The summed E-state index contributed by atoms with van der Waals surface area (Å²) in [7, 11) is 0. The molecule has 1 atom stereocenters. The van der Waals surface area contributed by atoms with E-state index in [1.165, 1.54) is 6.07 Å². The lowest BCUT2D eigenvalue weighted by molar-refractivity contribution is 0.470. The lowest BCUT2D eigenvalue weighted by Gasteiger charge is -2.04. The molecular weight excluding hydrogens is 217 g/mol. The molecule has 2 N–H and O–H groups in total. The molecule has 2 nitrogen and oxygen atoms in total. The number of aryl methyl sites for hydroxylation is 1. The largest absolute Gasteiger partial charge is 0.459 e. The topological polar surface area (TPSA) is 39.2 Å². The van der Waals surface area contributed by atoms with Crippen molar-refractivity contribution < 1.29 is 8.81 Å². The average Bonchev–Trinajstić information content (AvgIpc) is 2.81. The molecule has 0 aliphatic heterocycles. The molecule has 0 saturated carbocycles. The highest BCUT2D eigenvalue weighted by Crippen LogP contribution is 2.26. The van der Waals surface area contributed by atoms with Crippen molar-refractivity contribution >= 4 is 0 Å². The second-order valence-electron chi connectivity index (χ2n) is 4.18. The van der Waals surface area contributed by atoms with Gasteiger partial charge in [-0.2, -0.15) is 0 Å². The van der Waals surface area contributed by atoms with Crippen LogP contribution in [0.25, 0.3) is 11.3 Å². The third kappa shape index (κ3) is 2.39. The molecular formula is C14H16FNO. The van der Waals surface area contributed by atoms with E-state index >= 15 is 0 Å². The van der Waals surface area contributed by atoms with Crippen molar-refractivity contribution in [1.82, 2.24) is 0 Å². The smallest absolute Gasteiger partial charge is 0.134 e. The van der Waals surface area contributed by atoms with Crippen LogP contribution < -0.4 is 5.73 Å². The van der Waals surface area contributed by atoms with Crippen molar-refractivity contribution in [2.45, 2.75) is 26.3 Å². The van der Waals surface area contributed by atoms with Crippen LogP contribution in [0.2, 0.25) is 0 Å². The Balaban J connectivity index is 2.33. The Labute approximate surface area is 100 Å². The van der Waals surface area contributed by atoms with Crippen molar-refractivity contribution in [1.29, 1.82) is 0 Å². The SMILES string of the molecule is CCC(N)c1ccc(-c2ccc(F)c(C)c2)o1. The van der Waals surface area contributed by atoms with Crippen LogP contribution in [0.4, 0.5) is 4.39 Å². The monoisotopic (exact) mass is 233 g/mol. The van der Waals surface area contributed by atoms with Gasteiger partial charge in [0, 0.05) is 5.56 Å². The van der Waals surface area contributed by atoms with E-state index in [4.69, 9.17) is 10.2 Å². The van der Waals surface area contributed by atoms with Crippen LogP contribution in [0.3, 0.4) is 0 Å². The predicted octanol–water partition coefficient (Wildman–Crippen LogP) is 3.80. The molecule has 0 amide bonds. The van der Waals surface area contributed by atoms with Gasteiger partial charge in [-0.25, -0.2) is 4.39 Å². The quantitative estimate of drug-likeness (QED) is 0.875. The van der Waals surface area contributed by atoms with Gasteiger partial charge in [-0.05, 0) is 49.2 Å². The molecule has 0 saturated heterocycles. The Hall–Kier alpha value is -1.61. The van der Waals surface area contributed by atoms with Crippen LogP contribution in [0.15, 0.2) is 34.7 Å². The van der Waals surface area contributed by atoms with E-state index in [2.05, 4.69) is 0 Å². The summed E-state index contributed by atoms with van der Waals surface area (Å²) in [6, 6.07) is 8.61. The Morgan fingerprint density at radius 2 is 2.06 bits per heavy atom. The number of benzene rings is 1. The first-order valence-electron chi connectivity index (χ1n) is 5.73. The third-order valence-electron chi connectivity index (χ3n) is 2.87. The van der Waals surface area contributed by atoms with Gasteiger partial charge in [-0.15, -0.1) is 0 Å². The van der Waals surface area contributed by atoms with Crippen LogP contribution in [-0.2, 0) is 0 Å². The van der Waals surface area contributed by atoms with Gasteiger partial charge in [0.25, 0.3) is 0 Å². The maximum Gasteiger partial charge on any atom is 0.134 e. The summed E-state index contributed by atoms with van der Waals surface area (Å²) < 4.78 is 18.8. The average molecular weight is 233 g/mol. The fourth-order valence-electron chi connectivity index (χ4n) is 1.71. The lowest BCUT2D eigenvalue weighted by atomic mass is 10.1. The summed E-state index contributed by atoms with van der Waals surface area (Å²) in [5.41, 5.74) is 7.37. The molecule has 17 heavy (non-hydrogen) atoms. The molecule has 2 rings (SSSR count). The van der Waals surface area contributed by atoms with E-state index < -0.39 is 0 Å². The third-order valence-corrected chi connectivity index (χ3v) is 2.87. The van der Waals surface area contributed by atoms with Crippen molar-refractivity contribution in [3.8, 4) is 11.3 Å². The zero-order valence-electron chi connectivity index (χ0n) is 10.0. The molecule has 1 aromatic carbocycles.